The van der Waals surface area contributed by atoms with Crippen molar-refractivity contribution in [1.29, 1.82) is 0 Å². The lowest BCUT2D eigenvalue weighted by Gasteiger charge is -2.53. The smallest absolute Gasteiger partial charge is 0.264 e. The molecule has 2 bridgehead atoms. The summed E-state index contributed by atoms with van der Waals surface area (Å²) < 4.78 is 50.9. The van der Waals surface area contributed by atoms with Crippen LogP contribution in [0.2, 0.25) is 5.02 Å². The first-order chi connectivity index (χ1) is 28.5. The van der Waals surface area contributed by atoms with Crippen molar-refractivity contribution in [2.24, 2.45) is 17.8 Å². The molecule has 0 radical (unpaired) electrons. The van der Waals surface area contributed by atoms with E-state index in [1.54, 1.807) is 6.07 Å². The number of morpholine rings is 1. The zero-order valence-corrected chi connectivity index (χ0v) is 36.1. The first kappa shape index (κ1) is 40.9. The predicted molar refractivity (Wildman–Crippen MR) is 232 cm³/mol. The summed E-state index contributed by atoms with van der Waals surface area (Å²) in [4.78, 5) is 21.7. The summed E-state index contributed by atoms with van der Waals surface area (Å²) in [6, 6.07) is 21.8. The number of methoxy groups -OCH3 is 1. The summed E-state index contributed by atoms with van der Waals surface area (Å²) in [5.41, 5.74) is 3.71. The lowest BCUT2D eigenvalue weighted by Crippen LogP contribution is -2.62. The lowest BCUT2D eigenvalue weighted by molar-refractivity contribution is -0.108. The SMILES string of the molecule is CO[C@@]1(CN2CCN3CCOC[C@@H]3C2)/C=C/C[C@H](C)[C@@H](Cc2ccccc2)S(=O)(=O)NC(=O)c2ccc3c(c2)N(C[C@@H]2CC[C@H]21)C[C@@]1(CCCc2cc(Cl)ccc21)CO3. The van der Waals surface area contributed by atoms with Crippen molar-refractivity contribution >= 4 is 33.2 Å². The third kappa shape index (κ3) is 8.20. The van der Waals surface area contributed by atoms with Crippen molar-refractivity contribution in [1.82, 2.24) is 14.5 Å². The summed E-state index contributed by atoms with van der Waals surface area (Å²) in [7, 11) is -2.26. The van der Waals surface area contributed by atoms with Crippen molar-refractivity contribution in [3.63, 3.8) is 0 Å². The van der Waals surface area contributed by atoms with Gasteiger partial charge in [0.25, 0.3) is 5.91 Å². The van der Waals surface area contributed by atoms with Crippen LogP contribution < -0.4 is 14.4 Å². The second-order valence-corrected chi connectivity index (χ2v) is 20.5. The number of hydrogen-bond donors (Lipinski definition) is 1. The molecule has 1 N–H and O–H groups in total. The quantitative estimate of drug-likeness (QED) is 0.289. The molecule has 4 aliphatic heterocycles. The average Bonchev–Trinajstić information content (AvgIpc) is 3.37. The van der Waals surface area contributed by atoms with Gasteiger partial charge in [-0.1, -0.05) is 67.1 Å². The predicted octanol–water partition coefficient (Wildman–Crippen LogP) is 6.51. The summed E-state index contributed by atoms with van der Waals surface area (Å²) in [6.45, 7) is 10.1. The van der Waals surface area contributed by atoms with E-state index in [2.05, 4.69) is 43.7 Å². The highest BCUT2D eigenvalue weighted by molar-refractivity contribution is 7.90. The Bertz CT molecular complexity index is 2150. The maximum Gasteiger partial charge on any atom is 0.264 e. The molecule has 4 heterocycles. The average molecular weight is 844 g/mol. The van der Waals surface area contributed by atoms with Crippen molar-refractivity contribution in [3.8, 4) is 5.75 Å². The van der Waals surface area contributed by atoms with Crippen molar-refractivity contribution < 1.29 is 27.4 Å². The van der Waals surface area contributed by atoms with Gasteiger partial charge in [0.2, 0.25) is 10.0 Å². The van der Waals surface area contributed by atoms with Gasteiger partial charge in [-0.25, -0.2) is 13.1 Å². The van der Waals surface area contributed by atoms with Crippen LogP contribution >= 0.6 is 11.6 Å². The Hall–Kier alpha value is -3.45. The molecule has 2 aliphatic carbocycles. The number of piperazine rings is 1. The Labute approximate surface area is 355 Å². The number of allylic oxidation sites excluding steroid dienone is 1. The van der Waals surface area contributed by atoms with E-state index in [4.69, 9.17) is 25.8 Å². The molecule has 2 saturated heterocycles. The van der Waals surface area contributed by atoms with Crippen molar-refractivity contribution in [2.45, 2.75) is 74.2 Å². The van der Waals surface area contributed by atoms with Crippen LogP contribution in [0.15, 0.2) is 78.9 Å². The van der Waals surface area contributed by atoms with Crippen LogP contribution in [0.3, 0.4) is 0 Å². The number of rotatable bonds is 5. The Morgan fingerprint density at radius 3 is 2.69 bits per heavy atom. The van der Waals surface area contributed by atoms with E-state index < -0.39 is 26.8 Å². The molecule has 10 nitrogen and oxygen atoms in total. The number of amides is 1. The summed E-state index contributed by atoms with van der Waals surface area (Å²) in [5, 5.41) is -0.104. The molecule has 3 aromatic carbocycles. The van der Waals surface area contributed by atoms with Gasteiger partial charge in [0.15, 0.2) is 0 Å². The standard InChI is InChI=1S/C47H59ClN4O6S/c1-33-8-6-19-47(56-2,31-50-20-21-51-22-23-57-29-39(51)28-50)41-15-12-37(41)27-52-30-46(18-7-11-35-25-38(48)14-16-40(35)46)32-58-43-17-13-36(26-42(43)52)45(53)49-59(54,55)44(33)24-34-9-4-3-5-10-34/h3-6,9-10,13-14,16-17,19,25-26,33,37,39,41,44H,7-8,11-12,15,18,20-24,27-32H2,1-2H3,(H,49,53)/b19-6+/t33-,37-,39-,41+,44+,46-,47+/m0/s1. The Morgan fingerprint density at radius 2 is 1.88 bits per heavy atom. The summed E-state index contributed by atoms with van der Waals surface area (Å²) in [5.74, 6) is 0.328. The maximum absolute atomic E-state index is 14.4. The number of carbonyl (C=O) groups excluding carboxylic acids is 1. The molecule has 1 saturated carbocycles. The number of fused-ring (bicyclic) bond motifs is 5. The highest BCUT2D eigenvalue weighted by atomic mass is 35.5. The fourth-order valence-electron chi connectivity index (χ4n) is 11.2. The molecule has 0 aromatic heterocycles. The first-order valence-corrected chi connectivity index (χ1v) is 23.6. The number of nitrogens with one attached hydrogen (secondary N) is 1. The monoisotopic (exact) mass is 842 g/mol. The zero-order chi connectivity index (χ0) is 40.8. The number of sulfonamides is 1. The van der Waals surface area contributed by atoms with E-state index in [0.717, 1.165) is 101 Å². The van der Waals surface area contributed by atoms with E-state index in [1.165, 1.54) is 11.1 Å². The molecule has 7 atom stereocenters. The second kappa shape index (κ2) is 16.8. The molecule has 1 amide bonds. The number of benzene rings is 3. The third-order valence-electron chi connectivity index (χ3n) is 14.6. The van der Waals surface area contributed by atoms with Crippen LogP contribution in [0.4, 0.5) is 5.69 Å². The molecule has 0 unspecified atom stereocenters. The first-order valence-electron chi connectivity index (χ1n) is 21.7. The zero-order valence-electron chi connectivity index (χ0n) is 34.5. The van der Waals surface area contributed by atoms with Gasteiger partial charge >= 0.3 is 0 Å². The van der Waals surface area contributed by atoms with Gasteiger partial charge in [0.05, 0.1) is 30.8 Å². The molecular formula is C47H59ClN4O6S. The van der Waals surface area contributed by atoms with Crippen LogP contribution in [0.25, 0.3) is 0 Å². The van der Waals surface area contributed by atoms with E-state index >= 15 is 0 Å². The van der Waals surface area contributed by atoms with Crippen LogP contribution in [-0.4, -0.2) is 114 Å². The van der Waals surface area contributed by atoms with Crippen LogP contribution in [-0.2, 0) is 37.8 Å². The number of nitrogens with zero attached hydrogens (tertiary/aromatic N) is 3. The van der Waals surface area contributed by atoms with Crippen molar-refractivity contribution in [2.75, 3.05) is 77.6 Å². The summed E-state index contributed by atoms with van der Waals surface area (Å²) >= 11 is 6.55. The molecule has 3 aromatic rings. The Kier molecular flexibility index (Phi) is 11.6. The highest BCUT2D eigenvalue weighted by Crippen LogP contribution is 2.49. The lowest BCUT2D eigenvalue weighted by atomic mass is 9.63. The molecule has 1 spiro atoms. The molecule has 316 valence electrons. The number of halogens is 1. The van der Waals surface area contributed by atoms with Gasteiger partial charge in [-0.2, -0.15) is 0 Å². The fourth-order valence-corrected chi connectivity index (χ4v) is 13.1. The topological polar surface area (TPSA) is 101 Å². The van der Waals surface area contributed by atoms with Gasteiger partial charge in [0.1, 0.15) is 11.4 Å². The second-order valence-electron chi connectivity index (χ2n) is 18.2. The Morgan fingerprint density at radius 1 is 1.02 bits per heavy atom. The van der Waals surface area contributed by atoms with E-state index in [9.17, 15) is 13.2 Å². The number of carbonyl (C=O) groups is 1. The minimum Gasteiger partial charge on any atom is -0.490 e. The Balaban J connectivity index is 1.12. The van der Waals surface area contributed by atoms with E-state index in [1.807, 2.05) is 62.6 Å². The molecule has 9 rings (SSSR count). The number of aryl methyl sites for hydroxylation is 1. The molecule has 59 heavy (non-hydrogen) atoms. The van der Waals surface area contributed by atoms with Gasteiger partial charge in [-0.15, -0.1) is 0 Å². The van der Waals surface area contributed by atoms with Crippen LogP contribution in [0.1, 0.15) is 66.1 Å². The van der Waals surface area contributed by atoms with Gasteiger partial charge in [-0.3, -0.25) is 14.6 Å². The van der Waals surface area contributed by atoms with Gasteiger partial charge < -0.3 is 19.1 Å². The summed E-state index contributed by atoms with van der Waals surface area (Å²) in [6.07, 6.45) is 10.3. The van der Waals surface area contributed by atoms with Gasteiger partial charge in [0, 0.05) is 75.0 Å². The van der Waals surface area contributed by atoms with Crippen LogP contribution in [0, 0.1) is 17.8 Å². The van der Waals surface area contributed by atoms with E-state index in [0.29, 0.717) is 42.8 Å². The molecule has 6 aliphatic rings. The number of anilines is 1. The number of ether oxygens (including phenoxy) is 3. The van der Waals surface area contributed by atoms with Crippen molar-refractivity contribution in [3.05, 3.63) is 106 Å². The minimum absolute atomic E-state index is 0.226. The number of hydrogen-bond acceptors (Lipinski definition) is 9. The normalized spacial score (nSPS) is 33.0. The third-order valence-corrected chi connectivity index (χ3v) is 16.8. The minimum atomic E-state index is -4.12. The van der Waals surface area contributed by atoms with Crippen LogP contribution in [0.5, 0.6) is 5.75 Å². The fraction of sp³-hybridized carbons (Fsp3) is 0.553. The molecular weight excluding hydrogens is 784 g/mol. The molecule has 3 fully saturated rings. The van der Waals surface area contributed by atoms with E-state index in [-0.39, 0.29) is 23.7 Å². The maximum atomic E-state index is 14.4. The highest BCUT2D eigenvalue weighted by Gasteiger charge is 2.50. The molecule has 12 heteroatoms. The van der Waals surface area contributed by atoms with Gasteiger partial charge in [-0.05, 0) is 110 Å². The largest absolute Gasteiger partial charge is 0.490 e.